The highest BCUT2D eigenvalue weighted by Crippen LogP contribution is 2.15. The van der Waals surface area contributed by atoms with Gasteiger partial charge in [0.2, 0.25) is 11.8 Å². The predicted molar refractivity (Wildman–Crippen MR) is 76.7 cm³/mol. The molecule has 0 unspecified atom stereocenters. The summed E-state index contributed by atoms with van der Waals surface area (Å²) in [5, 5.41) is 5.08. The van der Waals surface area contributed by atoms with Crippen molar-refractivity contribution >= 4 is 17.5 Å². The van der Waals surface area contributed by atoms with Crippen LogP contribution < -0.4 is 10.6 Å². The number of carbonyl (C=O) groups excluding carboxylic acids is 2. The van der Waals surface area contributed by atoms with Crippen LogP contribution in [0.4, 0.5) is 14.5 Å². The van der Waals surface area contributed by atoms with Gasteiger partial charge in [-0.05, 0) is 18.6 Å². The molecule has 1 aromatic rings. The molecule has 0 aliphatic carbocycles. The van der Waals surface area contributed by atoms with Crippen molar-refractivity contribution in [3.63, 3.8) is 0 Å². The summed E-state index contributed by atoms with van der Waals surface area (Å²) >= 11 is 0. The lowest BCUT2D eigenvalue weighted by Crippen LogP contribution is -2.35. The van der Waals surface area contributed by atoms with Gasteiger partial charge in [-0.1, -0.05) is 20.8 Å². The van der Waals surface area contributed by atoms with Crippen LogP contribution in [0.5, 0.6) is 0 Å². The summed E-state index contributed by atoms with van der Waals surface area (Å²) in [7, 11) is 0. The lowest BCUT2D eigenvalue weighted by molar-refractivity contribution is -0.128. The lowest BCUT2D eigenvalue weighted by Gasteiger charge is -2.17. The Kier molecular flexibility index (Phi) is 5.81. The van der Waals surface area contributed by atoms with E-state index in [-0.39, 0.29) is 23.9 Å². The molecule has 6 heteroatoms. The van der Waals surface area contributed by atoms with Crippen molar-refractivity contribution in [3.05, 3.63) is 29.8 Å². The Morgan fingerprint density at radius 1 is 1.19 bits per heavy atom. The highest BCUT2D eigenvalue weighted by molar-refractivity contribution is 5.90. The first kappa shape index (κ1) is 17.1. The van der Waals surface area contributed by atoms with Crippen LogP contribution in [-0.4, -0.2) is 18.4 Å². The maximum absolute atomic E-state index is 13.3. The summed E-state index contributed by atoms with van der Waals surface area (Å²) in [6.45, 7) is 5.76. The topological polar surface area (TPSA) is 58.2 Å². The summed E-state index contributed by atoms with van der Waals surface area (Å²) < 4.78 is 26.0. The van der Waals surface area contributed by atoms with Crippen LogP contribution in [0.2, 0.25) is 0 Å². The molecule has 4 nitrogen and oxygen atoms in total. The zero-order chi connectivity index (χ0) is 16.0. The molecule has 116 valence electrons. The average Bonchev–Trinajstić information content (AvgIpc) is 2.36. The molecular formula is C15H20F2N2O2. The molecule has 1 rings (SSSR count). The first-order chi connectivity index (χ1) is 9.70. The number of benzene rings is 1. The quantitative estimate of drug-likeness (QED) is 0.821. The van der Waals surface area contributed by atoms with Crippen LogP contribution in [0.25, 0.3) is 0 Å². The van der Waals surface area contributed by atoms with E-state index < -0.39 is 17.0 Å². The third-order valence-corrected chi connectivity index (χ3v) is 2.75. The molecule has 0 atom stereocenters. The van der Waals surface area contributed by atoms with E-state index in [2.05, 4.69) is 10.6 Å². The van der Waals surface area contributed by atoms with Crippen molar-refractivity contribution in [1.82, 2.24) is 5.32 Å². The van der Waals surface area contributed by atoms with Gasteiger partial charge < -0.3 is 10.6 Å². The van der Waals surface area contributed by atoms with Crippen molar-refractivity contribution in [3.8, 4) is 0 Å². The molecule has 1 aromatic carbocycles. The van der Waals surface area contributed by atoms with Gasteiger partial charge in [0.15, 0.2) is 0 Å². The maximum atomic E-state index is 13.3. The van der Waals surface area contributed by atoms with E-state index in [0.29, 0.717) is 19.0 Å². The molecule has 0 saturated heterocycles. The summed E-state index contributed by atoms with van der Waals surface area (Å²) in [5.74, 6) is -1.99. The lowest BCUT2D eigenvalue weighted by atomic mass is 9.96. The summed E-state index contributed by atoms with van der Waals surface area (Å²) in [4.78, 5) is 23.2. The molecule has 0 spiro atoms. The third kappa shape index (κ3) is 5.89. The second-order valence-electron chi connectivity index (χ2n) is 5.78. The molecule has 0 fully saturated rings. The van der Waals surface area contributed by atoms with Crippen molar-refractivity contribution in [2.45, 2.75) is 33.6 Å². The number of nitrogens with one attached hydrogen (secondary N) is 2. The molecule has 0 bridgehead atoms. The minimum Gasteiger partial charge on any atom is -0.356 e. The normalized spacial score (nSPS) is 11.1. The predicted octanol–water partition coefficient (Wildman–Crippen LogP) is 2.85. The second-order valence-corrected chi connectivity index (χ2v) is 5.78. The number of carbonyl (C=O) groups is 2. The van der Waals surface area contributed by atoms with Crippen LogP contribution in [0.1, 0.15) is 33.6 Å². The van der Waals surface area contributed by atoms with Crippen LogP contribution >= 0.6 is 0 Å². The van der Waals surface area contributed by atoms with Gasteiger partial charge in [-0.3, -0.25) is 9.59 Å². The van der Waals surface area contributed by atoms with Crippen LogP contribution in [0.3, 0.4) is 0 Å². The van der Waals surface area contributed by atoms with E-state index in [9.17, 15) is 18.4 Å². The number of hydrogen-bond acceptors (Lipinski definition) is 2. The average molecular weight is 298 g/mol. The van der Waals surface area contributed by atoms with E-state index in [1.807, 2.05) is 0 Å². The molecule has 21 heavy (non-hydrogen) atoms. The van der Waals surface area contributed by atoms with E-state index in [4.69, 9.17) is 0 Å². The molecule has 2 N–H and O–H groups in total. The zero-order valence-corrected chi connectivity index (χ0v) is 12.4. The Hall–Kier alpha value is -1.98. The largest absolute Gasteiger partial charge is 0.356 e. The van der Waals surface area contributed by atoms with E-state index in [0.717, 1.165) is 6.07 Å². The van der Waals surface area contributed by atoms with Crippen molar-refractivity contribution in [2.24, 2.45) is 5.41 Å². The number of amides is 2. The SMILES string of the molecule is CC(C)(C)C(=O)NCCCC(=O)Nc1ccc(F)cc1F. The van der Waals surface area contributed by atoms with Gasteiger partial charge >= 0.3 is 0 Å². The van der Waals surface area contributed by atoms with E-state index >= 15 is 0 Å². The first-order valence-corrected chi connectivity index (χ1v) is 6.73. The molecule has 0 aromatic heterocycles. The minimum absolute atomic E-state index is 0.0554. The number of rotatable bonds is 5. The summed E-state index contributed by atoms with van der Waals surface area (Å²) in [6, 6.07) is 2.95. The van der Waals surface area contributed by atoms with Crippen LogP contribution in [0.15, 0.2) is 18.2 Å². The molecule has 0 radical (unpaired) electrons. The van der Waals surface area contributed by atoms with Gasteiger partial charge in [0.1, 0.15) is 11.6 Å². The Balaban J connectivity index is 2.33. The van der Waals surface area contributed by atoms with Crippen LogP contribution in [0, 0.1) is 17.0 Å². The van der Waals surface area contributed by atoms with Gasteiger partial charge in [-0.25, -0.2) is 8.78 Å². The van der Waals surface area contributed by atoms with Crippen molar-refractivity contribution < 1.29 is 18.4 Å². The van der Waals surface area contributed by atoms with E-state index in [1.165, 1.54) is 6.07 Å². The Bertz CT molecular complexity index is 525. The van der Waals surface area contributed by atoms with Gasteiger partial charge in [0.05, 0.1) is 5.69 Å². The maximum Gasteiger partial charge on any atom is 0.225 e. The first-order valence-electron chi connectivity index (χ1n) is 6.73. The smallest absolute Gasteiger partial charge is 0.225 e. The monoisotopic (exact) mass is 298 g/mol. The molecule has 2 amide bonds. The van der Waals surface area contributed by atoms with Crippen LogP contribution in [-0.2, 0) is 9.59 Å². The van der Waals surface area contributed by atoms with Gasteiger partial charge in [-0.15, -0.1) is 0 Å². The molecule has 0 aliphatic heterocycles. The second kappa shape index (κ2) is 7.15. The Labute approximate surface area is 122 Å². The van der Waals surface area contributed by atoms with Gasteiger partial charge in [0.25, 0.3) is 0 Å². The Morgan fingerprint density at radius 3 is 2.43 bits per heavy atom. The van der Waals surface area contributed by atoms with Crippen molar-refractivity contribution in [2.75, 3.05) is 11.9 Å². The number of halogens is 2. The standard InChI is InChI=1S/C15H20F2N2O2/c1-15(2,3)14(21)18-8-4-5-13(20)19-12-7-6-10(16)9-11(12)17/h6-7,9H,4-5,8H2,1-3H3,(H,18,21)(H,19,20). The molecule has 0 aliphatic rings. The highest BCUT2D eigenvalue weighted by Gasteiger charge is 2.20. The van der Waals surface area contributed by atoms with Crippen molar-refractivity contribution in [1.29, 1.82) is 0 Å². The molecule has 0 heterocycles. The zero-order valence-electron chi connectivity index (χ0n) is 12.4. The Morgan fingerprint density at radius 2 is 1.86 bits per heavy atom. The highest BCUT2D eigenvalue weighted by atomic mass is 19.1. The van der Waals surface area contributed by atoms with Gasteiger partial charge in [-0.2, -0.15) is 0 Å². The van der Waals surface area contributed by atoms with E-state index in [1.54, 1.807) is 20.8 Å². The summed E-state index contributed by atoms with van der Waals surface area (Å²) in [5.41, 5.74) is -0.528. The molecular weight excluding hydrogens is 278 g/mol. The van der Waals surface area contributed by atoms with Gasteiger partial charge in [0, 0.05) is 24.4 Å². The minimum atomic E-state index is -0.815. The fourth-order valence-electron chi connectivity index (χ4n) is 1.52. The number of hydrogen-bond donors (Lipinski definition) is 2. The third-order valence-electron chi connectivity index (χ3n) is 2.75. The molecule has 0 saturated carbocycles. The fourth-order valence-corrected chi connectivity index (χ4v) is 1.52. The summed E-state index contributed by atoms with van der Waals surface area (Å²) in [6.07, 6.45) is 0.581. The number of anilines is 1. The fraction of sp³-hybridized carbons (Fsp3) is 0.467.